The number of nitrogens with two attached hydrogens (primary N) is 1. The lowest BCUT2D eigenvalue weighted by atomic mass is 10.0. The van der Waals surface area contributed by atoms with Crippen LogP contribution >= 0.6 is 0 Å². The Hall–Kier alpha value is -3.32. The smallest absolute Gasteiger partial charge is 0.203 e. The average Bonchev–Trinajstić information content (AvgIpc) is 2.78. The molecule has 0 bridgehead atoms. The molecule has 0 unspecified atom stereocenters. The molecule has 0 aliphatic carbocycles. The minimum absolute atomic E-state index is 0.617. The van der Waals surface area contributed by atoms with Crippen LogP contribution in [0.3, 0.4) is 0 Å². The quantitative estimate of drug-likeness (QED) is 0.629. The summed E-state index contributed by atoms with van der Waals surface area (Å²) in [6, 6.07) is 11.6. The van der Waals surface area contributed by atoms with Crippen molar-refractivity contribution in [3.63, 3.8) is 0 Å². The molecule has 0 atom stereocenters. The van der Waals surface area contributed by atoms with E-state index in [1.807, 2.05) is 42.6 Å². The Morgan fingerprint density at radius 2 is 1.73 bits per heavy atom. The first-order valence-corrected chi connectivity index (χ1v) is 9.83. The third-order valence-corrected chi connectivity index (χ3v) is 5.36. The molecule has 30 heavy (non-hydrogen) atoms. The van der Waals surface area contributed by atoms with E-state index < -0.39 is 0 Å². The molecule has 2 N–H and O–H groups in total. The van der Waals surface area contributed by atoms with E-state index in [-0.39, 0.29) is 0 Å². The lowest BCUT2D eigenvalue weighted by molar-refractivity contribution is 0.237. The standard InChI is InChI=1S/C23H26N4O3/c1-28-20-9-6-16(21(29-2)22(20)30-3)13-27-11-10-19-17(14-27)12-25-23(26-19)15-4-7-18(24)8-5-15/h4-9,12H,10-11,13-14,24H2,1-3H3. The summed E-state index contributed by atoms with van der Waals surface area (Å²) in [5, 5.41) is 0. The molecule has 2 aromatic carbocycles. The maximum absolute atomic E-state index is 5.78. The van der Waals surface area contributed by atoms with Gasteiger partial charge in [-0.1, -0.05) is 6.07 Å². The van der Waals surface area contributed by atoms with Gasteiger partial charge in [0.2, 0.25) is 5.75 Å². The normalized spacial score (nSPS) is 13.6. The van der Waals surface area contributed by atoms with Crippen LogP contribution in [0.2, 0.25) is 0 Å². The van der Waals surface area contributed by atoms with Crippen molar-refractivity contribution in [2.75, 3.05) is 33.6 Å². The first kappa shape index (κ1) is 20.0. The van der Waals surface area contributed by atoms with E-state index in [0.29, 0.717) is 17.2 Å². The number of aromatic nitrogens is 2. The Bertz CT molecular complexity index is 1040. The Morgan fingerprint density at radius 1 is 0.967 bits per heavy atom. The predicted octanol–water partition coefficient (Wildman–Crippen LogP) is 3.31. The van der Waals surface area contributed by atoms with Gasteiger partial charge in [0.25, 0.3) is 0 Å². The number of nitrogen functional groups attached to an aromatic ring is 1. The molecule has 0 radical (unpaired) electrons. The van der Waals surface area contributed by atoms with Gasteiger partial charge < -0.3 is 19.9 Å². The zero-order valence-electron chi connectivity index (χ0n) is 17.5. The molecule has 156 valence electrons. The maximum Gasteiger partial charge on any atom is 0.203 e. The van der Waals surface area contributed by atoms with Crippen molar-refractivity contribution in [2.45, 2.75) is 19.5 Å². The fraction of sp³-hybridized carbons (Fsp3) is 0.304. The van der Waals surface area contributed by atoms with Gasteiger partial charge >= 0.3 is 0 Å². The zero-order valence-corrected chi connectivity index (χ0v) is 17.5. The second-order valence-corrected chi connectivity index (χ2v) is 7.24. The lowest BCUT2D eigenvalue weighted by Crippen LogP contribution is -2.31. The van der Waals surface area contributed by atoms with Gasteiger partial charge in [-0.15, -0.1) is 0 Å². The van der Waals surface area contributed by atoms with Crippen LogP contribution in [0.15, 0.2) is 42.6 Å². The predicted molar refractivity (Wildman–Crippen MR) is 116 cm³/mol. The summed E-state index contributed by atoms with van der Waals surface area (Å²) in [6.07, 6.45) is 2.81. The maximum atomic E-state index is 5.78. The molecule has 3 aromatic rings. The van der Waals surface area contributed by atoms with Crippen LogP contribution in [0.5, 0.6) is 17.2 Å². The first-order valence-electron chi connectivity index (χ1n) is 9.83. The van der Waals surface area contributed by atoms with Gasteiger partial charge in [-0.25, -0.2) is 9.97 Å². The summed E-state index contributed by atoms with van der Waals surface area (Å²) >= 11 is 0. The van der Waals surface area contributed by atoms with Crippen molar-refractivity contribution in [2.24, 2.45) is 0 Å². The summed E-state index contributed by atoms with van der Waals surface area (Å²) in [7, 11) is 4.90. The molecule has 0 amide bonds. The van der Waals surface area contributed by atoms with Gasteiger partial charge in [0, 0.05) is 54.6 Å². The summed E-state index contributed by atoms with van der Waals surface area (Å²) in [5.41, 5.74) is 10.8. The Kier molecular flexibility index (Phi) is 5.72. The number of hydrogen-bond acceptors (Lipinski definition) is 7. The average molecular weight is 406 g/mol. The van der Waals surface area contributed by atoms with Crippen LogP contribution in [0.4, 0.5) is 5.69 Å². The fourth-order valence-corrected chi connectivity index (χ4v) is 3.81. The third kappa shape index (κ3) is 3.89. The number of anilines is 1. The van der Waals surface area contributed by atoms with E-state index in [2.05, 4.69) is 9.88 Å². The van der Waals surface area contributed by atoms with Crippen LogP contribution in [0.25, 0.3) is 11.4 Å². The molecule has 4 rings (SSSR count). The number of hydrogen-bond donors (Lipinski definition) is 1. The van der Waals surface area contributed by atoms with E-state index in [4.69, 9.17) is 24.9 Å². The summed E-state index contributed by atoms with van der Waals surface area (Å²) < 4.78 is 16.5. The van der Waals surface area contributed by atoms with Crippen LogP contribution < -0.4 is 19.9 Å². The molecule has 1 aliphatic heterocycles. The van der Waals surface area contributed by atoms with E-state index in [0.717, 1.165) is 60.0 Å². The molecule has 1 aromatic heterocycles. The topological polar surface area (TPSA) is 82.7 Å². The molecule has 1 aliphatic rings. The van der Waals surface area contributed by atoms with Crippen molar-refractivity contribution in [3.05, 3.63) is 59.4 Å². The van der Waals surface area contributed by atoms with Gasteiger partial charge in [0.05, 0.1) is 27.0 Å². The minimum atomic E-state index is 0.617. The second kappa shape index (κ2) is 8.59. The molecular formula is C23H26N4O3. The van der Waals surface area contributed by atoms with Crippen molar-refractivity contribution < 1.29 is 14.2 Å². The first-order chi connectivity index (χ1) is 14.6. The largest absolute Gasteiger partial charge is 0.493 e. The molecule has 0 saturated carbocycles. The minimum Gasteiger partial charge on any atom is -0.493 e. The molecule has 0 fully saturated rings. The van der Waals surface area contributed by atoms with Gasteiger partial charge in [0.15, 0.2) is 17.3 Å². The summed E-state index contributed by atoms with van der Waals surface area (Å²) in [5.74, 6) is 2.72. The lowest BCUT2D eigenvalue weighted by Gasteiger charge is -2.29. The highest BCUT2D eigenvalue weighted by molar-refractivity contribution is 5.59. The van der Waals surface area contributed by atoms with Crippen LogP contribution in [0.1, 0.15) is 16.8 Å². The van der Waals surface area contributed by atoms with Gasteiger partial charge in [0.1, 0.15) is 0 Å². The van der Waals surface area contributed by atoms with E-state index in [1.54, 1.807) is 21.3 Å². The number of benzene rings is 2. The van der Waals surface area contributed by atoms with Crippen LogP contribution in [-0.4, -0.2) is 42.7 Å². The fourth-order valence-electron chi connectivity index (χ4n) is 3.81. The molecule has 7 heteroatoms. The highest BCUT2D eigenvalue weighted by Gasteiger charge is 2.22. The number of fused-ring (bicyclic) bond motifs is 1. The molecular weight excluding hydrogens is 380 g/mol. The van der Waals surface area contributed by atoms with Crippen LogP contribution in [-0.2, 0) is 19.5 Å². The third-order valence-electron chi connectivity index (χ3n) is 5.36. The second-order valence-electron chi connectivity index (χ2n) is 7.24. The van der Waals surface area contributed by atoms with E-state index >= 15 is 0 Å². The van der Waals surface area contributed by atoms with Gasteiger partial charge in [-0.2, -0.15) is 0 Å². The monoisotopic (exact) mass is 406 g/mol. The SMILES string of the molecule is COc1ccc(CN2CCc3nc(-c4ccc(N)cc4)ncc3C2)c(OC)c1OC. The Labute approximate surface area is 176 Å². The van der Waals surface area contributed by atoms with E-state index in [1.165, 1.54) is 0 Å². The van der Waals surface area contributed by atoms with Gasteiger partial charge in [-0.3, -0.25) is 4.90 Å². The number of nitrogens with zero attached hydrogens (tertiary/aromatic N) is 3. The van der Waals surface area contributed by atoms with Crippen LogP contribution in [0, 0.1) is 0 Å². The molecule has 0 spiro atoms. The molecule has 7 nitrogen and oxygen atoms in total. The molecule has 0 saturated heterocycles. The molecule has 2 heterocycles. The summed E-state index contributed by atoms with van der Waals surface area (Å²) in [4.78, 5) is 11.7. The Balaban J connectivity index is 1.53. The highest BCUT2D eigenvalue weighted by atomic mass is 16.5. The van der Waals surface area contributed by atoms with Crippen molar-refractivity contribution in [1.82, 2.24) is 14.9 Å². The number of ether oxygens (including phenoxy) is 3. The zero-order chi connectivity index (χ0) is 21.1. The van der Waals surface area contributed by atoms with Gasteiger partial charge in [-0.05, 0) is 30.3 Å². The van der Waals surface area contributed by atoms with E-state index in [9.17, 15) is 0 Å². The van der Waals surface area contributed by atoms with Crippen molar-refractivity contribution in [3.8, 4) is 28.6 Å². The van der Waals surface area contributed by atoms with Crippen molar-refractivity contribution in [1.29, 1.82) is 0 Å². The Morgan fingerprint density at radius 3 is 2.43 bits per heavy atom. The highest BCUT2D eigenvalue weighted by Crippen LogP contribution is 2.40. The number of methoxy groups -OCH3 is 3. The van der Waals surface area contributed by atoms with Crippen molar-refractivity contribution >= 4 is 5.69 Å². The summed E-state index contributed by atoms with van der Waals surface area (Å²) in [6.45, 7) is 2.43. The number of rotatable bonds is 6.